The average molecular weight is 539 g/mol. The smallest absolute Gasteiger partial charge is 0.256 e. The zero-order valence-electron chi connectivity index (χ0n) is 21.2. The van der Waals surface area contributed by atoms with Gasteiger partial charge in [-0.2, -0.15) is 5.10 Å². The molecule has 5 aromatic rings. The first-order chi connectivity index (χ1) is 18.9. The number of nitrogens with zero attached hydrogens (tertiary/aromatic N) is 3. The van der Waals surface area contributed by atoms with Crippen LogP contribution in [0.3, 0.4) is 0 Å². The Bertz CT molecular complexity index is 1770. The van der Waals surface area contributed by atoms with Crippen molar-refractivity contribution >= 4 is 32.5 Å². The Morgan fingerprint density at radius 3 is 2.28 bits per heavy atom. The summed E-state index contributed by atoms with van der Waals surface area (Å²) in [5.74, 6) is 1.20. The van der Waals surface area contributed by atoms with Crippen LogP contribution < -0.4 is 10.1 Å². The summed E-state index contributed by atoms with van der Waals surface area (Å²) < 4.78 is 32.0. The monoisotopic (exact) mass is 538 g/mol. The van der Waals surface area contributed by atoms with Crippen molar-refractivity contribution in [2.24, 2.45) is 0 Å². The second-order valence-corrected chi connectivity index (χ2v) is 11.8. The molecule has 1 aliphatic rings. The number of nitrogens with one attached hydrogen (secondary N) is 1. The minimum atomic E-state index is -3.13. The third-order valence-corrected chi connectivity index (χ3v) is 8.55. The van der Waals surface area contributed by atoms with Crippen molar-refractivity contribution in [2.75, 3.05) is 16.8 Å². The summed E-state index contributed by atoms with van der Waals surface area (Å²) in [6, 6.07) is 27.7. The van der Waals surface area contributed by atoms with Crippen LogP contribution in [-0.4, -0.2) is 40.6 Å². The number of hydrogen-bond acceptors (Lipinski definition) is 6. The Hall–Kier alpha value is -4.50. The molecule has 0 bridgehead atoms. The van der Waals surface area contributed by atoms with Crippen molar-refractivity contribution in [3.8, 4) is 22.8 Å². The molecule has 0 radical (unpaired) electrons. The molecule has 2 aromatic heterocycles. The molecular weight excluding hydrogens is 512 g/mol. The van der Waals surface area contributed by atoms with Crippen LogP contribution in [0.4, 0.5) is 5.69 Å². The third kappa shape index (κ3) is 5.13. The quantitative estimate of drug-likeness (QED) is 0.293. The van der Waals surface area contributed by atoms with Crippen molar-refractivity contribution in [3.05, 3.63) is 102 Å². The van der Waals surface area contributed by atoms with Crippen LogP contribution in [0.1, 0.15) is 28.5 Å². The Morgan fingerprint density at radius 2 is 1.62 bits per heavy atom. The van der Waals surface area contributed by atoms with Gasteiger partial charge < -0.3 is 10.1 Å². The molecule has 1 N–H and O–H groups in total. The van der Waals surface area contributed by atoms with Crippen molar-refractivity contribution in [2.45, 2.75) is 19.4 Å². The largest absolute Gasteiger partial charge is 0.457 e. The highest BCUT2D eigenvalue weighted by atomic mass is 32.2. The van der Waals surface area contributed by atoms with E-state index in [1.165, 1.54) is 0 Å². The Labute approximate surface area is 226 Å². The molecule has 1 saturated heterocycles. The number of carbonyl (C=O) groups excluding carboxylic acids is 1. The fourth-order valence-electron chi connectivity index (χ4n) is 4.90. The second kappa shape index (κ2) is 9.99. The summed E-state index contributed by atoms with van der Waals surface area (Å²) in [7, 11) is -3.13. The summed E-state index contributed by atoms with van der Waals surface area (Å²) in [4.78, 5) is 18.5. The zero-order valence-corrected chi connectivity index (χ0v) is 22.1. The molecule has 39 heavy (non-hydrogen) atoms. The van der Waals surface area contributed by atoms with Crippen LogP contribution in [-0.2, 0) is 9.84 Å². The molecule has 1 unspecified atom stereocenters. The van der Waals surface area contributed by atoms with E-state index < -0.39 is 9.84 Å². The Morgan fingerprint density at radius 1 is 0.949 bits per heavy atom. The van der Waals surface area contributed by atoms with Gasteiger partial charge in [0, 0.05) is 11.3 Å². The summed E-state index contributed by atoms with van der Waals surface area (Å²) in [6.45, 7) is 1.82. The highest BCUT2D eigenvalue weighted by molar-refractivity contribution is 7.91. The van der Waals surface area contributed by atoms with Gasteiger partial charge in [0.05, 0.1) is 39.9 Å². The van der Waals surface area contributed by atoms with E-state index >= 15 is 0 Å². The maximum absolute atomic E-state index is 13.7. The summed E-state index contributed by atoms with van der Waals surface area (Å²) in [5, 5.41) is 8.26. The van der Waals surface area contributed by atoms with Crippen LogP contribution in [0, 0.1) is 6.92 Å². The van der Waals surface area contributed by atoms with Gasteiger partial charge in [0.15, 0.2) is 15.5 Å². The van der Waals surface area contributed by atoms with Gasteiger partial charge in [0.1, 0.15) is 11.5 Å². The number of para-hydroxylation sites is 1. The van der Waals surface area contributed by atoms with Gasteiger partial charge in [-0.15, -0.1) is 0 Å². The topological polar surface area (TPSA) is 103 Å². The Kier molecular flexibility index (Phi) is 6.36. The maximum Gasteiger partial charge on any atom is 0.256 e. The first-order valence-electron chi connectivity index (χ1n) is 12.7. The first-order valence-corrected chi connectivity index (χ1v) is 14.5. The fourth-order valence-corrected chi connectivity index (χ4v) is 6.59. The standard InChI is InChI=1S/C30H26N4O4S/c1-20-28-26(30(35)31-22-12-14-25(15-13-22)38-24-10-6-3-7-11-24)18-27(21-8-4-2-5-9-21)32-29(28)34(33-20)23-16-17-39(36,37)19-23/h2-15,18,23H,16-17,19H2,1H3,(H,31,35). The van der Waals surface area contributed by atoms with E-state index in [9.17, 15) is 13.2 Å². The normalized spacial score (nSPS) is 16.3. The van der Waals surface area contributed by atoms with Gasteiger partial charge in [0.2, 0.25) is 0 Å². The van der Waals surface area contributed by atoms with Crippen molar-refractivity contribution in [3.63, 3.8) is 0 Å². The van der Waals surface area contributed by atoms with Gasteiger partial charge in [-0.25, -0.2) is 18.1 Å². The first kappa shape index (κ1) is 24.8. The molecule has 3 aromatic carbocycles. The van der Waals surface area contributed by atoms with Gasteiger partial charge in [-0.1, -0.05) is 48.5 Å². The van der Waals surface area contributed by atoms with Crippen molar-refractivity contribution in [1.82, 2.24) is 14.8 Å². The van der Waals surface area contributed by atoms with E-state index in [0.29, 0.717) is 45.8 Å². The van der Waals surface area contributed by atoms with Crippen molar-refractivity contribution < 1.29 is 17.9 Å². The number of pyridine rings is 1. The number of rotatable bonds is 6. The SMILES string of the molecule is Cc1nn(C2CCS(=O)(=O)C2)c2nc(-c3ccccc3)cc(C(=O)Nc3ccc(Oc4ccccc4)cc3)c12. The average Bonchev–Trinajstić information content (AvgIpc) is 3.48. The third-order valence-electron chi connectivity index (χ3n) is 6.80. The number of benzene rings is 3. The molecular formula is C30H26N4O4S. The molecule has 1 aliphatic heterocycles. The highest BCUT2D eigenvalue weighted by Crippen LogP contribution is 2.32. The van der Waals surface area contributed by atoms with E-state index in [2.05, 4.69) is 10.4 Å². The molecule has 9 heteroatoms. The zero-order chi connectivity index (χ0) is 27.0. The number of aryl methyl sites for hydroxylation is 1. The molecule has 6 rings (SSSR count). The minimum absolute atomic E-state index is 0.0133. The van der Waals surface area contributed by atoms with Crippen molar-refractivity contribution in [1.29, 1.82) is 0 Å². The molecule has 1 fully saturated rings. The van der Waals surface area contributed by atoms with E-state index in [4.69, 9.17) is 9.72 Å². The second-order valence-electron chi connectivity index (χ2n) is 9.60. The fraction of sp³-hybridized carbons (Fsp3) is 0.167. The number of sulfone groups is 1. The lowest BCUT2D eigenvalue weighted by atomic mass is 10.0. The van der Waals surface area contributed by atoms with E-state index in [0.717, 1.165) is 11.3 Å². The molecule has 196 valence electrons. The van der Waals surface area contributed by atoms with Gasteiger partial charge in [-0.3, -0.25) is 4.79 Å². The number of amides is 1. The number of fused-ring (bicyclic) bond motifs is 1. The Balaban J connectivity index is 1.36. The van der Waals surface area contributed by atoms with Crippen LogP contribution in [0.15, 0.2) is 91.0 Å². The van der Waals surface area contributed by atoms with Gasteiger partial charge in [-0.05, 0) is 55.8 Å². The molecule has 3 heterocycles. The van der Waals surface area contributed by atoms with E-state index in [-0.39, 0.29) is 23.5 Å². The lowest BCUT2D eigenvalue weighted by molar-refractivity contribution is 0.102. The van der Waals surface area contributed by atoms with Gasteiger partial charge >= 0.3 is 0 Å². The number of anilines is 1. The van der Waals surface area contributed by atoms with Gasteiger partial charge in [0.25, 0.3) is 5.91 Å². The number of ether oxygens (including phenoxy) is 1. The lowest BCUT2D eigenvalue weighted by Gasteiger charge is -2.13. The summed E-state index contributed by atoms with van der Waals surface area (Å²) in [6.07, 6.45) is 0.467. The molecule has 8 nitrogen and oxygen atoms in total. The molecule has 0 spiro atoms. The van der Waals surface area contributed by atoms with Crippen LogP contribution in [0.2, 0.25) is 0 Å². The minimum Gasteiger partial charge on any atom is -0.457 e. The molecule has 1 atom stereocenters. The predicted octanol–water partition coefficient (Wildman–Crippen LogP) is 5.81. The molecule has 0 aliphatic carbocycles. The highest BCUT2D eigenvalue weighted by Gasteiger charge is 2.32. The number of hydrogen-bond donors (Lipinski definition) is 1. The number of carbonyl (C=O) groups is 1. The van der Waals surface area contributed by atoms with Crippen LogP contribution in [0.25, 0.3) is 22.3 Å². The number of aromatic nitrogens is 3. The maximum atomic E-state index is 13.7. The molecule has 0 saturated carbocycles. The van der Waals surface area contributed by atoms with E-state index in [1.807, 2.05) is 67.6 Å². The lowest BCUT2D eigenvalue weighted by Crippen LogP contribution is -2.15. The predicted molar refractivity (Wildman–Crippen MR) is 151 cm³/mol. The van der Waals surface area contributed by atoms with Crippen LogP contribution in [0.5, 0.6) is 11.5 Å². The summed E-state index contributed by atoms with van der Waals surface area (Å²) in [5.41, 5.74) is 3.62. The van der Waals surface area contributed by atoms with Crippen LogP contribution >= 0.6 is 0 Å². The molecule has 1 amide bonds. The summed E-state index contributed by atoms with van der Waals surface area (Å²) >= 11 is 0. The van der Waals surface area contributed by atoms with E-state index in [1.54, 1.807) is 35.0 Å².